The smallest absolute Gasteiger partial charge is 0.264 e. The third-order valence-corrected chi connectivity index (χ3v) is 12.9. The molecule has 3 aliphatic rings. The van der Waals surface area contributed by atoms with E-state index in [9.17, 15) is 19.5 Å². The normalized spacial score (nSPS) is 26.6. The van der Waals surface area contributed by atoms with E-state index in [0.717, 1.165) is 25.9 Å². The van der Waals surface area contributed by atoms with Crippen LogP contribution < -0.4 is 4.90 Å². The van der Waals surface area contributed by atoms with Crippen molar-refractivity contribution in [2.45, 2.75) is 69.2 Å². The average molecular weight is 731 g/mol. The van der Waals surface area contributed by atoms with Crippen LogP contribution in [0, 0.1) is 9.49 Å². The minimum atomic E-state index is -2.96. The zero-order valence-electron chi connectivity index (χ0n) is 24.5. The Kier molecular flexibility index (Phi) is 8.27. The summed E-state index contributed by atoms with van der Waals surface area (Å²) in [6.07, 6.45) is -0.0990. The molecule has 3 aromatic carbocycles. The number of halogens is 2. The standard InChI is InChI=1S/C33H36ClIN2O5Si/c1-20-31(43(2,3)41)29(16-30(39)36-18-23-7-5-4-6-22(23)14-26(36)19-38)42-33(20)27-15-24(34)10-13-28(27)37(32(33)40)17-21-8-11-25(35)12-9-21/h4-13,15,20,26,29,31,38,41H,14,16-19H2,1-3H3/t20-,26+,29+,31-,33+/m1/s1. The van der Waals surface area contributed by atoms with Crippen molar-refractivity contribution in [3.8, 4) is 0 Å². The molecule has 226 valence electrons. The second-order valence-corrected chi connectivity index (χ2v) is 18.2. The lowest BCUT2D eigenvalue weighted by atomic mass is 9.82. The molecule has 0 saturated carbocycles. The SMILES string of the molecule is C[C@@H]1[C@@H]([Si](C)(C)O)[C@H](CC(=O)N2Cc3ccccc3C[C@H]2CO)O[C@@]12C(=O)N(Cc1ccc(I)cc1)c1ccc(Cl)cc12. The number of hydrogen-bond donors (Lipinski definition) is 2. The van der Waals surface area contributed by atoms with E-state index in [1.54, 1.807) is 21.9 Å². The first kappa shape index (κ1) is 30.7. The lowest BCUT2D eigenvalue weighted by Gasteiger charge is -2.37. The molecule has 7 nitrogen and oxygen atoms in total. The summed E-state index contributed by atoms with van der Waals surface area (Å²) < 4.78 is 7.96. The summed E-state index contributed by atoms with van der Waals surface area (Å²) in [7, 11) is -2.96. The summed E-state index contributed by atoms with van der Waals surface area (Å²) in [5.41, 5.74) is 2.82. The van der Waals surface area contributed by atoms with Gasteiger partial charge >= 0.3 is 0 Å². The first-order chi connectivity index (χ1) is 20.4. The zero-order chi connectivity index (χ0) is 30.7. The molecule has 1 spiro atoms. The van der Waals surface area contributed by atoms with Gasteiger partial charge in [0.05, 0.1) is 37.4 Å². The number of nitrogens with zero attached hydrogens (tertiary/aromatic N) is 2. The quantitative estimate of drug-likeness (QED) is 0.254. The van der Waals surface area contributed by atoms with Gasteiger partial charge in [0.1, 0.15) is 0 Å². The Balaban J connectivity index is 1.35. The van der Waals surface area contributed by atoms with E-state index < -0.39 is 31.5 Å². The number of hydrogen-bond acceptors (Lipinski definition) is 5. The number of amides is 2. The molecule has 0 radical (unpaired) electrons. The summed E-state index contributed by atoms with van der Waals surface area (Å²) in [5.74, 6) is -0.758. The van der Waals surface area contributed by atoms with Crippen LogP contribution in [0.3, 0.4) is 0 Å². The maximum Gasteiger partial charge on any atom is 0.264 e. The molecule has 3 aromatic rings. The molecule has 2 N–H and O–H groups in total. The van der Waals surface area contributed by atoms with Crippen molar-refractivity contribution in [3.05, 3.63) is 97.6 Å². The number of aliphatic hydroxyl groups excluding tert-OH is 1. The molecular weight excluding hydrogens is 695 g/mol. The van der Waals surface area contributed by atoms with E-state index in [-0.39, 0.29) is 30.9 Å². The van der Waals surface area contributed by atoms with Crippen LogP contribution in [-0.2, 0) is 39.4 Å². The number of benzene rings is 3. The minimum absolute atomic E-state index is 0.00666. The first-order valence-electron chi connectivity index (χ1n) is 14.7. The molecule has 6 rings (SSSR count). The lowest BCUT2D eigenvalue weighted by Crippen LogP contribution is -2.48. The summed E-state index contributed by atoms with van der Waals surface area (Å²) >= 11 is 8.77. The molecular formula is C33H36ClIN2O5Si. The number of carbonyl (C=O) groups is 2. The number of fused-ring (bicyclic) bond motifs is 3. The number of rotatable bonds is 6. The number of aliphatic hydroxyl groups is 1. The molecule has 0 aliphatic carbocycles. The van der Waals surface area contributed by atoms with Gasteiger partial charge in [-0.25, -0.2) is 0 Å². The van der Waals surface area contributed by atoms with E-state index in [2.05, 4.69) is 22.6 Å². The molecule has 10 heteroatoms. The Morgan fingerprint density at radius 3 is 2.49 bits per heavy atom. The predicted molar refractivity (Wildman–Crippen MR) is 177 cm³/mol. The van der Waals surface area contributed by atoms with Crippen LogP contribution in [0.4, 0.5) is 5.69 Å². The first-order valence-corrected chi connectivity index (χ1v) is 19.2. The van der Waals surface area contributed by atoms with Crippen molar-refractivity contribution in [1.29, 1.82) is 0 Å². The molecule has 5 atom stereocenters. The highest BCUT2D eigenvalue weighted by atomic mass is 127. The van der Waals surface area contributed by atoms with Gasteiger partial charge in [-0.3, -0.25) is 9.59 Å². The number of ether oxygens (including phenoxy) is 1. The second kappa shape index (κ2) is 11.6. The van der Waals surface area contributed by atoms with Crippen LogP contribution in [0.5, 0.6) is 0 Å². The monoisotopic (exact) mass is 730 g/mol. The highest BCUT2D eigenvalue weighted by molar-refractivity contribution is 14.1. The average Bonchev–Trinajstić information content (AvgIpc) is 3.39. The van der Waals surface area contributed by atoms with E-state index >= 15 is 0 Å². The molecule has 0 aromatic heterocycles. The molecule has 0 unspecified atom stereocenters. The van der Waals surface area contributed by atoms with Crippen molar-refractivity contribution in [2.75, 3.05) is 11.5 Å². The summed E-state index contributed by atoms with van der Waals surface area (Å²) in [4.78, 5) is 43.7. The van der Waals surface area contributed by atoms with Crippen molar-refractivity contribution in [3.63, 3.8) is 0 Å². The Hall–Kier alpha value is -2.28. The van der Waals surface area contributed by atoms with E-state index in [1.807, 2.05) is 74.6 Å². The van der Waals surface area contributed by atoms with Crippen LogP contribution in [0.1, 0.15) is 35.6 Å². The maximum absolute atomic E-state index is 14.6. The third-order valence-electron chi connectivity index (χ3n) is 9.46. The summed E-state index contributed by atoms with van der Waals surface area (Å²) in [5, 5.41) is 10.7. The Morgan fingerprint density at radius 2 is 1.81 bits per heavy atom. The maximum atomic E-state index is 14.6. The Bertz CT molecular complexity index is 1560. The van der Waals surface area contributed by atoms with E-state index in [0.29, 0.717) is 30.1 Å². The van der Waals surface area contributed by atoms with Gasteiger partial charge in [0.25, 0.3) is 5.91 Å². The lowest BCUT2D eigenvalue weighted by molar-refractivity contribution is -0.151. The van der Waals surface area contributed by atoms with Gasteiger partial charge in [0, 0.05) is 32.2 Å². The van der Waals surface area contributed by atoms with Crippen LogP contribution in [-0.4, -0.2) is 53.7 Å². The van der Waals surface area contributed by atoms with Gasteiger partial charge in [0.15, 0.2) is 13.9 Å². The molecule has 1 fully saturated rings. The van der Waals surface area contributed by atoms with Gasteiger partial charge in [-0.15, -0.1) is 0 Å². The van der Waals surface area contributed by atoms with E-state index in [1.165, 1.54) is 0 Å². The van der Waals surface area contributed by atoms with Crippen molar-refractivity contribution in [2.24, 2.45) is 5.92 Å². The Morgan fingerprint density at radius 1 is 1.12 bits per heavy atom. The number of carbonyl (C=O) groups excluding carboxylic acids is 2. The van der Waals surface area contributed by atoms with Crippen molar-refractivity contribution in [1.82, 2.24) is 4.90 Å². The fourth-order valence-corrected chi connectivity index (χ4v) is 10.6. The minimum Gasteiger partial charge on any atom is -0.432 e. The third kappa shape index (κ3) is 5.36. The fraction of sp³-hybridized carbons (Fsp3) is 0.394. The van der Waals surface area contributed by atoms with Crippen LogP contribution in [0.2, 0.25) is 23.7 Å². The highest BCUT2D eigenvalue weighted by Gasteiger charge is 2.66. The van der Waals surface area contributed by atoms with Gasteiger partial charge < -0.3 is 24.4 Å². The van der Waals surface area contributed by atoms with Gasteiger partial charge in [-0.1, -0.05) is 54.9 Å². The topological polar surface area (TPSA) is 90.3 Å². The van der Waals surface area contributed by atoms with Gasteiger partial charge in [0.2, 0.25) is 5.91 Å². The van der Waals surface area contributed by atoms with Crippen LogP contribution >= 0.6 is 34.2 Å². The molecule has 3 heterocycles. The predicted octanol–water partition coefficient (Wildman–Crippen LogP) is 5.63. The molecule has 1 saturated heterocycles. The highest BCUT2D eigenvalue weighted by Crippen LogP contribution is 2.60. The largest absolute Gasteiger partial charge is 0.432 e. The summed E-state index contributed by atoms with van der Waals surface area (Å²) in [6.45, 7) is 6.28. The van der Waals surface area contributed by atoms with Crippen LogP contribution in [0.15, 0.2) is 66.7 Å². The summed E-state index contributed by atoms with van der Waals surface area (Å²) in [6, 6.07) is 21.1. The fourth-order valence-electron chi connectivity index (χ4n) is 7.51. The van der Waals surface area contributed by atoms with Crippen molar-refractivity contribution < 1.29 is 24.2 Å². The van der Waals surface area contributed by atoms with Crippen LogP contribution in [0.25, 0.3) is 0 Å². The van der Waals surface area contributed by atoms with Gasteiger partial charge in [-0.2, -0.15) is 0 Å². The number of anilines is 1. The molecule has 0 bridgehead atoms. The van der Waals surface area contributed by atoms with E-state index in [4.69, 9.17) is 16.3 Å². The molecule has 43 heavy (non-hydrogen) atoms. The zero-order valence-corrected chi connectivity index (χ0v) is 28.4. The van der Waals surface area contributed by atoms with Gasteiger partial charge in [-0.05, 0) is 89.1 Å². The second-order valence-electron chi connectivity index (χ2n) is 12.6. The molecule has 2 amide bonds. The van der Waals surface area contributed by atoms with Crippen molar-refractivity contribution >= 4 is 60.0 Å². The Labute approximate surface area is 272 Å². The molecule has 3 aliphatic heterocycles.